The highest BCUT2D eigenvalue weighted by atomic mass is 32.2. The molecule has 1 aromatic carbocycles. The molecule has 0 saturated heterocycles. The van der Waals surface area contributed by atoms with Crippen molar-refractivity contribution in [1.82, 2.24) is 4.31 Å². The van der Waals surface area contributed by atoms with Gasteiger partial charge in [0.05, 0.1) is 19.6 Å². The lowest BCUT2D eigenvalue weighted by molar-refractivity contribution is 0.379. The molecular weight excluding hydrogens is 278 g/mol. The van der Waals surface area contributed by atoms with Crippen molar-refractivity contribution in [3.63, 3.8) is 0 Å². The lowest BCUT2D eigenvalue weighted by Crippen LogP contribution is -2.35. The van der Waals surface area contributed by atoms with Gasteiger partial charge in [0.2, 0.25) is 10.0 Å². The van der Waals surface area contributed by atoms with Gasteiger partial charge in [-0.1, -0.05) is 0 Å². The summed E-state index contributed by atoms with van der Waals surface area (Å²) in [5.74, 6) is 0.243. The minimum atomic E-state index is -3.77. The zero-order chi connectivity index (χ0) is 15.5. The number of nitrogens with two attached hydrogens (primary N) is 1. The Kier molecular flexibility index (Phi) is 4.98. The molecule has 1 rings (SSSR count). The van der Waals surface area contributed by atoms with E-state index in [1.54, 1.807) is 19.9 Å². The van der Waals surface area contributed by atoms with Gasteiger partial charge in [-0.3, -0.25) is 0 Å². The number of hydrogen-bond donors (Lipinski definition) is 1. The van der Waals surface area contributed by atoms with E-state index in [9.17, 15) is 8.42 Å². The van der Waals surface area contributed by atoms with Gasteiger partial charge in [-0.25, -0.2) is 8.42 Å². The van der Waals surface area contributed by atoms with Crippen molar-refractivity contribution in [2.75, 3.05) is 19.9 Å². The summed E-state index contributed by atoms with van der Waals surface area (Å²) in [6, 6.07) is 4.50. The van der Waals surface area contributed by atoms with Crippen LogP contribution in [0.3, 0.4) is 0 Å². The lowest BCUT2D eigenvalue weighted by atomic mass is 10.2. The molecule has 0 aliphatic heterocycles. The van der Waals surface area contributed by atoms with Crippen LogP contribution in [-0.2, 0) is 10.0 Å². The van der Waals surface area contributed by atoms with Crippen LogP contribution in [0, 0.1) is 18.3 Å². The van der Waals surface area contributed by atoms with Gasteiger partial charge in [-0.2, -0.15) is 9.57 Å². The van der Waals surface area contributed by atoms with E-state index in [0.717, 1.165) is 9.87 Å². The molecule has 0 heterocycles. The first-order valence-electron chi connectivity index (χ1n) is 6.04. The Labute approximate surface area is 119 Å². The number of anilines is 1. The summed E-state index contributed by atoms with van der Waals surface area (Å²) < 4.78 is 31.4. The molecule has 1 unspecified atom stereocenters. The number of sulfonamides is 1. The summed E-state index contributed by atoms with van der Waals surface area (Å²) in [6.07, 6.45) is 0.111. The Morgan fingerprint density at radius 2 is 2.10 bits per heavy atom. The molecule has 0 saturated carbocycles. The van der Waals surface area contributed by atoms with Gasteiger partial charge in [-0.05, 0) is 31.5 Å². The second-order valence-electron chi connectivity index (χ2n) is 4.59. The van der Waals surface area contributed by atoms with Crippen LogP contribution in [0.5, 0.6) is 5.75 Å². The van der Waals surface area contributed by atoms with Crippen molar-refractivity contribution in [1.29, 1.82) is 5.26 Å². The smallest absolute Gasteiger partial charge is 0.246 e. The summed E-state index contributed by atoms with van der Waals surface area (Å²) in [7, 11) is -0.922. The van der Waals surface area contributed by atoms with Crippen LogP contribution in [-0.4, -0.2) is 32.9 Å². The molecule has 110 valence electrons. The predicted octanol–water partition coefficient (Wildman–Crippen LogP) is 1.51. The van der Waals surface area contributed by atoms with E-state index in [2.05, 4.69) is 0 Å². The number of methoxy groups -OCH3 is 1. The van der Waals surface area contributed by atoms with Crippen molar-refractivity contribution >= 4 is 15.7 Å². The molecule has 6 nitrogen and oxygen atoms in total. The number of aryl methyl sites for hydroxylation is 1. The Balaban J connectivity index is 3.36. The summed E-state index contributed by atoms with van der Waals surface area (Å²) in [4.78, 5) is 0.00962. The highest BCUT2D eigenvalue weighted by molar-refractivity contribution is 7.89. The number of rotatable bonds is 5. The maximum Gasteiger partial charge on any atom is 0.246 e. The fourth-order valence-corrected chi connectivity index (χ4v) is 3.22. The minimum Gasteiger partial charge on any atom is -0.495 e. The molecule has 0 amide bonds. The van der Waals surface area contributed by atoms with Gasteiger partial charge in [0.25, 0.3) is 0 Å². The van der Waals surface area contributed by atoms with E-state index in [1.807, 2.05) is 6.07 Å². The van der Waals surface area contributed by atoms with E-state index < -0.39 is 16.1 Å². The topological polar surface area (TPSA) is 96.4 Å². The molecular formula is C13H19N3O3S. The zero-order valence-corrected chi connectivity index (χ0v) is 12.9. The Bertz CT molecular complexity index is 635. The Hall–Kier alpha value is -1.78. The number of hydrogen-bond acceptors (Lipinski definition) is 5. The summed E-state index contributed by atoms with van der Waals surface area (Å²) >= 11 is 0. The molecule has 0 radical (unpaired) electrons. The van der Waals surface area contributed by atoms with Crippen molar-refractivity contribution in [3.8, 4) is 11.8 Å². The van der Waals surface area contributed by atoms with Gasteiger partial charge >= 0.3 is 0 Å². The monoisotopic (exact) mass is 297 g/mol. The average molecular weight is 297 g/mol. The van der Waals surface area contributed by atoms with Crippen molar-refractivity contribution in [2.24, 2.45) is 0 Å². The normalized spacial score (nSPS) is 13.0. The maximum absolute atomic E-state index is 12.6. The maximum atomic E-state index is 12.6. The van der Waals surface area contributed by atoms with Crippen LogP contribution >= 0.6 is 0 Å². The van der Waals surface area contributed by atoms with E-state index in [4.69, 9.17) is 15.7 Å². The Morgan fingerprint density at radius 3 is 2.60 bits per heavy atom. The molecule has 1 aromatic rings. The third kappa shape index (κ3) is 3.03. The van der Waals surface area contributed by atoms with Gasteiger partial charge in [0.1, 0.15) is 10.6 Å². The van der Waals surface area contributed by atoms with Crippen LogP contribution in [0.25, 0.3) is 0 Å². The minimum absolute atomic E-state index is 0.00962. The first-order chi connectivity index (χ1) is 9.25. The number of nitriles is 1. The van der Waals surface area contributed by atoms with Crippen LogP contribution in [0.1, 0.15) is 18.9 Å². The molecule has 1 atom stereocenters. The molecule has 0 aliphatic carbocycles. The van der Waals surface area contributed by atoms with E-state index >= 15 is 0 Å². The van der Waals surface area contributed by atoms with Crippen molar-refractivity contribution in [2.45, 2.75) is 31.2 Å². The highest BCUT2D eigenvalue weighted by Gasteiger charge is 2.28. The number of nitrogens with zero attached hydrogens (tertiary/aromatic N) is 2. The van der Waals surface area contributed by atoms with E-state index in [-0.39, 0.29) is 17.1 Å². The van der Waals surface area contributed by atoms with Crippen LogP contribution in [0.2, 0.25) is 0 Å². The summed E-state index contributed by atoms with van der Waals surface area (Å²) in [5, 5.41) is 8.69. The fraction of sp³-hybridized carbons (Fsp3) is 0.462. The quantitative estimate of drug-likeness (QED) is 0.831. The molecule has 2 N–H and O–H groups in total. The first kappa shape index (κ1) is 16.3. The Morgan fingerprint density at radius 1 is 1.50 bits per heavy atom. The van der Waals surface area contributed by atoms with Gasteiger partial charge in [-0.15, -0.1) is 0 Å². The highest BCUT2D eigenvalue weighted by Crippen LogP contribution is 2.31. The van der Waals surface area contributed by atoms with Crippen molar-refractivity contribution < 1.29 is 13.2 Å². The molecule has 0 bridgehead atoms. The van der Waals surface area contributed by atoms with Gasteiger partial charge < -0.3 is 10.5 Å². The standard InChI is InChI=1S/C13H19N3O3S/c1-9-7-12(19-4)13(8-11(9)15)20(17,18)16(3)10(2)5-6-14/h7-8,10H,5,15H2,1-4H3. The molecule has 0 fully saturated rings. The predicted molar refractivity (Wildman–Crippen MR) is 76.8 cm³/mol. The number of nitrogen functional groups attached to an aromatic ring is 1. The van der Waals surface area contributed by atoms with Gasteiger partial charge in [0, 0.05) is 18.8 Å². The second-order valence-corrected chi connectivity index (χ2v) is 6.56. The van der Waals surface area contributed by atoms with E-state index in [1.165, 1.54) is 20.2 Å². The molecule has 0 aromatic heterocycles. The number of ether oxygens (including phenoxy) is 1. The lowest BCUT2D eigenvalue weighted by Gasteiger charge is -2.23. The average Bonchev–Trinajstić information content (AvgIpc) is 2.40. The third-order valence-corrected chi connectivity index (χ3v) is 5.21. The van der Waals surface area contributed by atoms with Crippen molar-refractivity contribution in [3.05, 3.63) is 17.7 Å². The molecule has 0 aliphatic rings. The van der Waals surface area contributed by atoms with Gasteiger partial charge in [0.15, 0.2) is 0 Å². The van der Waals surface area contributed by atoms with Crippen LogP contribution in [0.4, 0.5) is 5.69 Å². The fourth-order valence-electron chi connectivity index (χ4n) is 1.69. The van der Waals surface area contributed by atoms with Crippen LogP contribution in [0.15, 0.2) is 17.0 Å². The van der Waals surface area contributed by atoms with Crippen LogP contribution < -0.4 is 10.5 Å². The summed E-state index contributed by atoms with van der Waals surface area (Å²) in [6.45, 7) is 3.45. The SMILES string of the molecule is COc1cc(C)c(N)cc1S(=O)(=O)N(C)C(C)CC#N. The second kappa shape index (κ2) is 6.11. The zero-order valence-electron chi connectivity index (χ0n) is 12.0. The first-order valence-corrected chi connectivity index (χ1v) is 7.48. The molecule has 20 heavy (non-hydrogen) atoms. The third-order valence-electron chi connectivity index (χ3n) is 3.22. The largest absolute Gasteiger partial charge is 0.495 e. The van der Waals surface area contributed by atoms with E-state index in [0.29, 0.717) is 5.69 Å². The number of benzene rings is 1. The molecule has 7 heteroatoms. The molecule has 0 spiro atoms. The summed E-state index contributed by atoms with van der Waals surface area (Å²) in [5.41, 5.74) is 6.91.